The van der Waals surface area contributed by atoms with Crippen molar-refractivity contribution in [2.45, 2.75) is 13.3 Å². The largest absolute Gasteiger partial charge is 0.496 e. The van der Waals surface area contributed by atoms with E-state index in [0.29, 0.717) is 10.8 Å². The van der Waals surface area contributed by atoms with Crippen LogP contribution in [0, 0.1) is 12.3 Å². The Morgan fingerprint density at radius 2 is 2.14 bits per heavy atom. The maximum Gasteiger partial charge on any atom is 0.240 e. The maximum absolute atomic E-state index is 12.1. The summed E-state index contributed by atoms with van der Waals surface area (Å²) in [6.45, 7) is 5.72. The van der Waals surface area contributed by atoms with E-state index in [1.54, 1.807) is 13.2 Å². The van der Waals surface area contributed by atoms with E-state index in [9.17, 15) is 9.59 Å². The highest BCUT2D eigenvalue weighted by atomic mass is 32.1. The molecule has 150 valence electrons. The Bertz CT molecular complexity index is 1010. The second-order valence-corrected chi connectivity index (χ2v) is 7.04. The number of terminal acetylenes is 1. The van der Waals surface area contributed by atoms with Gasteiger partial charge in [0.15, 0.2) is 0 Å². The fourth-order valence-corrected chi connectivity index (χ4v) is 3.59. The summed E-state index contributed by atoms with van der Waals surface area (Å²) in [5.41, 5.74) is 2.64. The Labute approximate surface area is 174 Å². The minimum atomic E-state index is -0.333. The van der Waals surface area contributed by atoms with Gasteiger partial charge < -0.3 is 15.4 Å². The van der Waals surface area contributed by atoms with E-state index < -0.39 is 0 Å². The summed E-state index contributed by atoms with van der Waals surface area (Å²) in [5, 5.41) is 5.71. The SMILES string of the molecule is C#CCNC(=O)CNC(=O)Cc1nc2cc(OC)c(C(/C=C\C)=C/C=C)cc2s1. The molecule has 2 aromatic rings. The van der Waals surface area contributed by atoms with Gasteiger partial charge in [-0.25, -0.2) is 4.98 Å². The van der Waals surface area contributed by atoms with Gasteiger partial charge in [0.05, 0.1) is 36.8 Å². The number of aromatic nitrogens is 1. The first-order valence-corrected chi connectivity index (χ1v) is 9.74. The molecule has 0 aliphatic carbocycles. The molecule has 1 aromatic carbocycles. The molecule has 0 bridgehead atoms. The van der Waals surface area contributed by atoms with Gasteiger partial charge in [0.2, 0.25) is 11.8 Å². The molecule has 0 radical (unpaired) electrons. The highest BCUT2D eigenvalue weighted by Crippen LogP contribution is 2.34. The number of rotatable bonds is 9. The molecular weight excluding hydrogens is 386 g/mol. The van der Waals surface area contributed by atoms with Gasteiger partial charge in [0, 0.05) is 11.6 Å². The van der Waals surface area contributed by atoms with Gasteiger partial charge in [0.25, 0.3) is 0 Å². The van der Waals surface area contributed by atoms with E-state index in [4.69, 9.17) is 11.2 Å². The molecule has 7 heteroatoms. The van der Waals surface area contributed by atoms with Crippen LogP contribution in [0.15, 0.2) is 43.0 Å². The lowest BCUT2D eigenvalue weighted by Crippen LogP contribution is -2.37. The Hall–Kier alpha value is -3.37. The summed E-state index contributed by atoms with van der Waals surface area (Å²) in [6, 6.07) is 3.85. The van der Waals surface area contributed by atoms with Crippen molar-refractivity contribution in [3.63, 3.8) is 0 Å². The number of amides is 2. The molecule has 0 aliphatic heterocycles. The lowest BCUT2D eigenvalue weighted by molar-refractivity contribution is -0.125. The Balaban J connectivity index is 2.20. The minimum absolute atomic E-state index is 0.0869. The van der Waals surface area contributed by atoms with E-state index in [1.165, 1.54) is 11.3 Å². The zero-order chi connectivity index (χ0) is 21.2. The summed E-state index contributed by atoms with van der Waals surface area (Å²) in [5.74, 6) is 2.37. The molecule has 0 atom stereocenters. The predicted octanol–water partition coefficient (Wildman–Crippen LogP) is 2.86. The molecule has 2 amide bonds. The number of fused-ring (bicyclic) bond motifs is 1. The molecule has 0 aliphatic rings. The van der Waals surface area contributed by atoms with Crippen molar-refractivity contribution >= 4 is 38.9 Å². The van der Waals surface area contributed by atoms with Crippen molar-refractivity contribution in [3.8, 4) is 18.1 Å². The number of allylic oxidation sites excluding steroid dienone is 5. The molecule has 2 N–H and O–H groups in total. The van der Waals surface area contributed by atoms with Crippen LogP contribution in [0.1, 0.15) is 17.5 Å². The third-order valence-electron chi connectivity index (χ3n) is 3.85. The van der Waals surface area contributed by atoms with E-state index in [1.807, 2.05) is 37.3 Å². The van der Waals surface area contributed by atoms with Crippen molar-refractivity contribution < 1.29 is 14.3 Å². The fraction of sp³-hybridized carbons (Fsp3) is 0.227. The summed E-state index contributed by atoms with van der Waals surface area (Å²) in [4.78, 5) is 28.2. The van der Waals surface area contributed by atoms with Gasteiger partial charge in [-0.15, -0.1) is 17.8 Å². The molecule has 0 fully saturated rings. The second kappa shape index (κ2) is 10.8. The first kappa shape index (κ1) is 21.9. The molecule has 2 rings (SSSR count). The average molecular weight is 410 g/mol. The number of hydrogen-bond donors (Lipinski definition) is 2. The summed E-state index contributed by atoms with van der Waals surface area (Å²) in [7, 11) is 1.61. The standard InChI is InChI=1S/C22H23N3O3S/c1-5-8-15(9-6-2)16-11-19-17(12-18(16)28-4)25-22(29-19)13-20(26)24-14-21(27)23-10-7-3/h3,5-6,8-9,11-12H,1,10,13-14H2,2,4H3,(H,23,27)(H,24,26)/b9-6-,15-8+. The highest BCUT2D eigenvalue weighted by molar-refractivity contribution is 7.18. The van der Waals surface area contributed by atoms with Gasteiger partial charge in [-0.05, 0) is 18.6 Å². The Kier molecular flexibility index (Phi) is 8.19. The van der Waals surface area contributed by atoms with Crippen LogP contribution < -0.4 is 15.4 Å². The Morgan fingerprint density at radius 1 is 1.34 bits per heavy atom. The van der Waals surface area contributed by atoms with Crippen molar-refractivity contribution in [2.24, 2.45) is 0 Å². The van der Waals surface area contributed by atoms with Crippen LogP contribution in [0.25, 0.3) is 15.8 Å². The number of ether oxygens (including phenoxy) is 1. The smallest absolute Gasteiger partial charge is 0.240 e. The minimum Gasteiger partial charge on any atom is -0.496 e. The van der Waals surface area contributed by atoms with Crippen LogP contribution in [0.4, 0.5) is 0 Å². The zero-order valence-corrected chi connectivity index (χ0v) is 17.3. The molecule has 0 spiro atoms. The second-order valence-electron chi connectivity index (χ2n) is 5.92. The highest BCUT2D eigenvalue weighted by Gasteiger charge is 2.14. The predicted molar refractivity (Wildman–Crippen MR) is 118 cm³/mol. The Morgan fingerprint density at radius 3 is 2.79 bits per heavy atom. The monoisotopic (exact) mass is 409 g/mol. The summed E-state index contributed by atoms with van der Waals surface area (Å²) < 4.78 is 6.47. The van der Waals surface area contributed by atoms with E-state index >= 15 is 0 Å². The van der Waals surface area contributed by atoms with E-state index in [2.05, 4.69) is 28.1 Å². The van der Waals surface area contributed by atoms with E-state index in [0.717, 1.165) is 21.4 Å². The van der Waals surface area contributed by atoms with Gasteiger partial charge in [-0.3, -0.25) is 9.59 Å². The van der Waals surface area contributed by atoms with Crippen LogP contribution in [0.5, 0.6) is 5.75 Å². The number of nitrogens with one attached hydrogen (secondary N) is 2. The van der Waals surface area contributed by atoms with Gasteiger partial charge in [-0.2, -0.15) is 0 Å². The van der Waals surface area contributed by atoms with Gasteiger partial charge in [-0.1, -0.05) is 36.8 Å². The van der Waals surface area contributed by atoms with Crippen LogP contribution in [-0.4, -0.2) is 37.0 Å². The lowest BCUT2D eigenvalue weighted by atomic mass is 10.0. The van der Waals surface area contributed by atoms with Gasteiger partial charge >= 0.3 is 0 Å². The van der Waals surface area contributed by atoms with Crippen LogP contribution >= 0.6 is 11.3 Å². The van der Waals surface area contributed by atoms with Crippen molar-refractivity contribution in [1.29, 1.82) is 0 Å². The number of hydrogen-bond acceptors (Lipinski definition) is 5. The number of carbonyl (C=O) groups is 2. The number of carbonyl (C=O) groups excluding carboxylic acids is 2. The molecule has 6 nitrogen and oxygen atoms in total. The quantitative estimate of drug-likeness (QED) is 0.493. The number of benzene rings is 1. The fourth-order valence-electron chi connectivity index (χ4n) is 2.60. The maximum atomic E-state index is 12.1. The van der Waals surface area contributed by atoms with Gasteiger partial charge in [0.1, 0.15) is 10.8 Å². The van der Waals surface area contributed by atoms with Crippen molar-refractivity contribution in [1.82, 2.24) is 15.6 Å². The topological polar surface area (TPSA) is 80.3 Å². The van der Waals surface area contributed by atoms with E-state index in [-0.39, 0.29) is 31.3 Å². The number of nitrogens with zero attached hydrogens (tertiary/aromatic N) is 1. The lowest BCUT2D eigenvalue weighted by Gasteiger charge is -2.09. The molecule has 0 saturated carbocycles. The molecule has 0 saturated heterocycles. The van der Waals surface area contributed by atoms with Crippen LogP contribution in [-0.2, 0) is 16.0 Å². The third kappa shape index (κ3) is 6.06. The number of methoxy groups -OCH3 is 1. The summed E-state index contributed by atoms with van der Waals surface area (Å²) >= 11 is 1.43. The first-order chi connectivity index (χ1) is 14.0. The molecular formula is C22H23N3O3S. The van der Waals surface area contributed by atoms with Crippen LogP contribution in [0.3, 0.4) is 0 Å². The third-order valence-corrected chi connectivity index (χ3v) is 4.87. The molecule has 1 heterocycles. The zero-order valence-electron chi connectivity index (χ0n) is 16.5. The molecule has 1 aromatic heterocycles. The van der Waals surface area contributed by atoms with Crippen molar-refractivity contribution in [2.75, 3.05) is 20.2 Å². The first-order valence-electron chi connectivity index (χ1n) is 8.92. The van der Waals surface area contributed by atoms with Crippen molar-refractivity contribution in [3.05, 3.63) is 53.6 Å². The normalized spacial score (nSPS) is 11.3. The average Bonchev–Trinajstić information content (AvgIpc) is 3.10. The summed E-state index contributed by atoms with van der Waals surface area (Å²) in [6.07, 6.45) is 12.7. The molecule has 29 heavy (non-hydrogen) atoms. The number of thiazole rings is 1. The van der Waals surface area contributed by atoms with Crippen LogP contribution in [0.2, 0.25) is 0 Å². The molecule has 0 unspecified atom stereocenters.